The molecule has 10 heavy (non-hydrogen) atoms. The number of aliphatic imine (C=N–C) groups is 2. The zero-order valence-corrected chi connectivity index (χ0v) is 6.83. The highest BCUT2D eigenvalue weighted by Gasteiger charge is 1.76. The van der Waals surface area contributed by atoms with Crippen LogP contribution in [0.2, 0.25) is 0 Å². The first-order valence-electron chi connectivity index (χ1n) is 3.48. The van der Waals surface area contributed by atoms with Gasteiger partial charge in [-0.3, -0.25) is 0 Å². The third kappa shape index (κ3) is 5.22. The lowest BCUT2D eigenvalue weighted by molar-refractivity contribution is 1.16. The topological polar surface area (TPSA) is 24.7 Å². The van der Waals surface area contributed by atoms with Crippen LogP contribution in [-0.4, -0.2) is 12.6 Å². The lowest BCUT2D eigenvalue weighted by atomic mass is 10.4. The van der Waals surface area contributed by atoms with Gasteiger partial charge >= 0.3 is 0 Å². The Hall–Kier alpha value is -0.920. The minimum atomic E-state index is 1.02. The summed E-state index contributed by atoms with van der Waals surface area (Å²) in [5.74, 6) is 0. The summed E-state index contributed by atoms with van der Waals surface area (Å²) in [6, 6.07) is 0. The van der Waals surface area contributed by atoms with Crippen LogP contribution in [-0.2, 0) is 0 Å². The molecular formula is C8H14N2. The SMILES string of the molecule is CC=NC=N/C(C)=C\CC. The van der Waals surface area contributed by atoms with Gasteiger partial charge in [-0.05, 0) is 20.3 Å². The molecule has 0 heterocycles. The highest BCUT2D eigenvalue weighted by molar-refractivity contribution is 5.71. The van der Waals surface area contributed by atoms with E-state index in [1.54, 1.807) is 12.6 Å². The Morgan fingerprint density at radius 1 is 1.50 bits per heavy atom. The number of nitrogens with zero attached hydrogens (tertiary/aromatic N) is 2. The van der Waals surface area contributed by atoms with Gasteiger partial charge in [-0.25, -0.2) is 9.98 Å². The van der Waals surface area contributed by atoms with Crippen molar-refractivity contribution in [3.05, 3.63) is 11.8 Å². The van der Waals surface area contributed by atoms with Gasteiger partial charge in [0.2, 0.25) is 0 Å². The van der Waals surface area contributed by atoms with Crippen LogP contribution in [0.25, 0.3) is 0 Å². The Morgan fingerprint density at radius 3 is 2.70 bits per heavy atom. The third-order valence-electron chi connectivity index (χ3n) is 0.977. The number of rotatable bonds is 3. The fraction of sp³-hybridized carbons (Fsp3) is 0.500. The Morgan fingerprint density at radius 2 is 2.20 bits per heavy atom. The predicted molar refractivity (Wildman–Crippen MR) is 46.7 cm³/mol. The molecule has 2 heteroatoms. The van der Waals surface area contributed by atoms with E-state index in [0.29, 0.717) is 0 Å². The van der Waals surface area contributed by atoms with Crippen LogP contribution < -0.4 is 0 Å². The summed E-state index contributed by atoms with van der Waals surface area (Å²) < 4.78 is 0. The monoisotopic (exact) mass is 138 g/mol. The molecule has 0 spiro atoms. The first-order valence-corrected chi connectivity index (χ1v) is 3.48. The van der Waals surface area contributed by atoms with E-state index >= 15 is 0 Å². The lowest BCUT2D eigenvalue weighted by Crippen LogP contribution is -1.71. The van der Waals surface area contributed by atoms with Gasteiger partial charge in [0, 0.05) is 11.9 Å². The van der Waals surface area contributed by atoms with Crippen LogP contribution in [0, 0.1) is 0 Å². The molecule has 0 unspecified atom stereocenters. The Labute approximate surface area is 62.4 Å². The van der Waals surface area contributed by atoms with Crippen LogP contribution in [0.5, 0.6) is 0 Å². The minimum Gasteiger partial charge on any atom is -0.250 e. The van der Waals surface area contributed by atoms with Crippen molar-refractivity contribution in [2.75, 3.05) is 0 Å². The fourth-order valence-electron chi connectivity index (χ4n) is 0.539. The summed E-state index contributed by atoms with van der Waals surface area (Å²) in [6.07, 6.45) is 6.35. The van der Waals surface area contributed by atoms with Crippen molar-refractivity contribution in [2.45, 2.75) is 27.2 Å². The van der Waals surface area contributed by atoms with Crippen molar-refractivity contribution < 1.29 is 0 Å². The summed E-state index contributed by atoms with van der Waals surface area (Å²) in [5, 5.41) is 0. The number of allylic oxidation sites excluding steroid dienone is 2. The zero-order chi connectivity index (χ0) is 7.82. The summed E-state index contributed by atoms with van der Waals surface area (Å²) in [7, 11) is 0. The quantitative estimate of drug-likeness (QED) is 0.422. The van der Waals surface area contributed by atoms with Gasteiger partial charge in [-0.2, -0.15) is 0 Å². The zero-order valence-electron chi connectivity index (χ0n) is 6.83. The maximum Gasteiger partial charge on any atom is 0.115 e. The van der Waals surface area contributed by atoms with Crippen LogP contribution in [0.3, 0.4) is 0 Å². The van der Waals surface area contributed by atoms with E-state index in [0.717, 1.165) is 12.1 Å². The van der Waals surface area contributed by atoms with E-state index in [-0.39, 0.29) is 0 Å². The predicted octanol–water partition coefficient (Wildman–Crippen LogP) is 2.42. The van der Waals surface area contributed by atoms with Gasteiger partial charge in [0.25, 0.3) is 0 Å². The number of hydrogen-bond acceptors (Lipinski definition) is 1. The average molecular weight is 138 g/mol. The van der Waals surface area contributed by atoms with Gasteiger partial charge in [-0.15, -0.1) is 0 Å². The average Bonchev–Trinajstić information content (AvgIpc) is 1.89. The standard InChI is InChI=1S/C8H14N2/c1-4-6-8(3)10-7-9-5-2/h5-7H,4H2,1-3H3/b8-6-,9-5?,10-7?. The van der Waals surface area contributed by atoms with Gasteiger partial charge in [0.05, 0.1) is 0 Å². The smallest absolute Gasteiger partial charge is 0.115 e. The molecule has 0 radical (unpaired) electrons. The molecule has 0 aliphatic rings. The highest BCUT2D eigenvalue weighted by atomic mass is 14.8. The second kappa shape index (κ2) is 6.20. The van der Waals surface area contributed by atoms with E-state index in [2.05, 4.69) is 23.0 Å². The minimum absolute atomic E-state index is 1.02. The molecule has 0 rings (SSSR count). The van der Waals surface area contributed by atoms with Gasteiger partial charge < -0.3 is 0 Å². The molecule has 0 saturated carbocycles. The molecular weight excluding hydrogens is 124 g/mol. The Balaban J connectivity index is 3.76. The molecule has 2 nitrogen and oxygen atoms in total. The molecule has 0 N–H and O–H groups in total. The number of hydrogen-bond donors (Lipinski definition) is 0. The van der Waals surface area contributed by atoms with E-state index < -0.39 is 0 Å². The van der Waals surface area contributed by atoms with Crippen molar-refractivity contribution in [2.24, 2.45) is 9.98 Å². The molecule has 0 aromatic rings. The van der Waals surface area contributed by atoms with E-state index in [1.807, 2.05) is 13.8 Å². The molecule has 56 valence electrons. The van der Waals surface area contributed by atoms with Crippen LogP contribution in [0.15, 0.2) is 21.8 Å². The second-order valence-corrected chi connectivity index (χ2v) is 1.91. The maximum atomic E-state index is 4.04. The molecule has 0 aliphatic heterocycles. The molecule has 0 amide bonds. The van der Waals surface area contributed by atoms with E-state index in [1.165, 1.54) is 0 Å². The molecule has 0 aromatic carbocycles. The second-order valence-electron chi connectivity index (χ2n) is 1.91. The fourth-order valence-corrected chi connectivity index (χ4v) is 0.539. The van der Waals surface area contributed by atoms with Gasteiger partial charge in [-0.1, -0.05) is 13.0 Å². The highest BCUT2D eigenvalue weighted by Crippen LogP contribution is 1.94. The van der Waals surface area contributed by atoms with Crippen LogP contribution in [0.4, 0.5) is 0 Å². The summed E-state index contributed by atoms with van der Waals surface area (Å²) in [6.45, 7) is 5.91. The van der Waals surface area contributed by atoms with Crippen molar-refractivity contribution in [1.29, 1.82) is 0 Å². The first-order chi connectivity index (χ1) is 4.81. The normalized spacial score (nSPS) is 13.7. The summed E-state index contributed by atoms with van der Waals surface area (Å²) >= 11 is 0. The first kappa shape index (κ1) is 9.08. The molecule has 0 aromatic heterocycles. The van der Waals surface area contributed by atoms with E-state index in [9.17, 15) is 0 Å². The molecule has 0 saturated heterocycles. The Kier molecular flexibility index (Phi) is 5.63. The third-order valence-corrected chi connectivity index (χ3v) is 0.977. The molecule has 0 aliphatic carbocycles. The van der Waals surface area contributed by atoms with Crippen molar-refractivity contribution in [3.63, 3.8) is 0 Å². The maximum absolute atomic E-state index is 4.04. The Bertz CT molecular complexity index is 155. The van der Waals surface area contributed by atoms with Crippen molar-refractivity contribution >= 4 is 12.6 Å². The van der Waals surface area contributed by atoms with Crippen LogP contribution >= 0.6 is 0 Å². The largest absolute Gasteiger partial charge is 0.250 e. The molecule has 0 atom stereocenters. The summed E-state index contributed by atoms with van der Waals surface area (Å²) in [5.41, 5.74) is 1.02. The van der Waals surface area contributed by atoms with Crippen LogP contribution in [0.1, 0.15) is 27.2 Å². The van der Waals surface area contributed by atoms with Crippen molar-refractivity contribution in [3.8, 4) is 0 Å². The van der Waals surface area contributed by atoms with Gasteiger partial charge in [0.15, 0.2) is 0 Å². The lowest BCUT2D eigenvalue weighted by Gasteiger charge is -1.86. The van der Waals surface area contributed by atoms with Crippen molar-refractivity contribution in [1.82, 2.24) is 0 Å². The van der Waals surface area contributed by atoms with E-state index in [4.69, 9.17) is 0 Å². The molecule has 0 bridgehead atoms. The summed E-state index contributed by atoms with van der Waals surface area (Å²) in [4.78, 5) is 7.88. The molecule has 0 fully saturated rings. The van der Waals surface area contributed by atoms with Gasteiger partial charge in [0.1, 0.15) is 6.34 Å².